The molecule has 2 aromatic rings. The first kappa shape index (κ1) is 13.8. The van der Waals surface area contributed by atoms with Crippen LogP contribution in [0.25, 0.3) is 10.9 Å². The molecule has 0 amide bonds. The Bertz CT molecular complexity index is 760. The Morgan fingerprint density at radius 3 is 2.53 bits per heavy atom. The van der Waals surface area contributed by atoms with Gasteiger partial charge in [-0.1, -0.05) is 19.1 Å². The highest BCUT2D eigenvalue weighted by atomic mass is 32.2. The lowest BCUT2D eigenvalue weighted by molar-refractivity contribution is 0.600. The molecule has 0 radical (unpaired) electrons. The van der Waals surface area contributed by atoms with Crippen molar-refractivity contribution in [3.63, 3.8) is 0 Å². The van der Waals surface area contributed by atoms with E-state index < -0.39 is 9.84 Å². The number of benzene rings is 1. The Labute approximate surface area is 112 Å². The third-order valence-corrected chi connectivity index (χ3v) is 3.78. The maximum Gasteiger partial charge on any atom is 0.193 e. The van der Waals surface area contributed by atoms with Gasteiger partial charge in [0, 0.05) is 29.9 Å². The zero-order chi connectivity index (χ0) is 14.0. The zero-order valence-corrected chi connectivity index (χ0v) is 11.9. The van der Waals surface area contributed by atoms with E-state index in [0.717, 1.165) is 24.7 Å². The van der Waals surface area contributed by atoms with Crippen LogP contribution in [0, 0.1) is 0 Å². The van der Waals surface area contributed by atoms with Gasteiger partial charge in [-0.05, 0) is 18.6 Å². The van der Waals surface area contributed by atoms with Gasteiger partial charge < -0.3 is 4.57 Å². The van der Waals surface area contributed by atoms with Crippen LogP contribution in [0.5, 0.6) is 0 Å². The summed E-state index contributed by atoms with van der Waals surface area (Å²) in [6.07, 6.45) is 3.74. The standard InChI is InChI=1S/C14H17NO3S/c1-3-8-15-9-11(10-19(2,17)18)14(16)12-6-4-5-7-13(12)15/h4-7,9H,3,8,10H2,1-2H3. The molecular weight excluding hydrogens is 262 g/mol. The van der Waals surface area contributed by atoms with E-state index in [4.69, 9.17) is 0 Å². The van der Waals surface area contributed by atoms with Crippen LogP contribution < -0.4 is 5.43 Å². The maximum atomic E-state index is 12.3. The second-order valence-electron chi connectivity index (χ2n) is 4.76. The van der Waals surface area contributed by atoms with Crippen molar-refractivity contribution in [2.45, 2.75) is 25.6 Å². The molecule has 0 atom stereocenters. The van der Waals surface area contributed by atoms with Crippen LogP contribution in [0.1, 0.15) is 18.9 Å². The van der Waals surface area contributed by atoms with Gasteiger partial charge in [0.15, 0.2) is 15.3 Å². The fourth-order valence-electron chi connectivity index (χ4n) is 2.22. The zero-order valence-electron chi connectivity index (χ0n) is 11.1. The second kappa shape index (κ2) is 5.17. The molecule has 0 aliphatic heterocycles. The van der Waals surface area contributed by atoms with Crippen LogP contribution in [0.15, 0.2) is 35.3 Å². The summed E-state index contributed by atoms with van der Waals surface area (Å²) in [5.74, 6) is -0.208. The monoisotopic (exact) mass is 279 g/mol. The Morgan fingerprint density at radius 1 is 1.21 bits per heavy atom. The molecule has 0 aliphatic carbocycles. The predicted molar refractivity (Wildman–Crippen MR) is 77.0 cm³/mol. The summed E-state index contributed by atoms with van der Waals surface area (Å²) in [6.45, 7) is 2.81. The van der Waals surface area contributed by atoms with Gasteiger partial charge in [-0.3, -0.25) is 4.79 Å². The highest BCUT2D eigenvalue weighted by Crippen LogP contribution is 2.13. The lowest BCUT2D eigenvalue weighted by Gasteiger charge is -2.12. The van der Waals surface area contributed by atoms with E-state index in [0.29, 0.717) is 10.9 Å². The number of fused-ring (bicyclic) bond motifs is 1. The molecule has 4 nitrogen and oxygen atoms in total. The van der Waals surface area contributed by atoms with Crippen LogP contribution in [0.3, 0.4) is 0 Å². The Morgan fingerprint density at radius 2 is 1.89 bits per heavy atom. The minimum absolute atomic E-state index is 0.187. The Kier molecular flexibility index (Phi) is 3.75. The van der Waals surface area contributed by atoms with Gasteiger partial charge in [0.1, 0.15) is 0 Å². The summed E-state index contributed by atoms with van der Waals surface area (Å²) in [5, 5.41) is 0.581. The van der Waals surface area contributed by atoms with Crippen molar-refractivity contribution in [2.75, 3.05) is 6.26 Å². The van der Waals surface area contributed by atoms with Gasteiger partial charge in [0.2, 0.25) is 0 Å². The molecule has 5 heteroatoms. The van der Waals surface area contributed by atoms with Gasteiger partial charge in [-0.25, -0.2) is 8.42 Å². The highest BCUT2D eigenvalue weighted by Gasteiger charge is 2.12. The van der Waals surface area contributed by atoms with Crippen molar-refractivity contribution in [3.05, 3.63) is 46.2 Å². The smallest absolute Gasteiger partial charge is 0.193 e. The summed E-state index contributed by atoms with van der Waals surface area (Å²) >= 11 is 0. The molecule has 0 saturated heterocycles. The minimum Gasteiger partial charge on any atom is -0.347 e. The van der Waals surface area contributed by atoms with E-state index in [1.165, 1.54) is 0 Å². The topological polar surface area (TPSA) is 56.1 Å². The van der Waals surface area contributed by atoms with E-state index >= 15 is 0 Å². The first-order valence-electron chi connectivity index (χ1n) is 6.21. The third kappa shape index (κ3) is 3.04. The van der Waals surface area contributed by atoms with E-state index in [2.05, 4.69) is 0 Å². The molecule has 0 fully saturated rings. The van der Waals surface area contributed by atoms with Gasteiger partial charge in [0.25, 0.3) is 0 Å². The number of rotatable bonds is 4. The molecule has 1 aromatic heterocycles. The first-order valence-corrected chi connectivity index (χ1v) is 8.27. The van der Waals surface area contributed by atoms with Gasteiger partial charge in [-0.2, -0.15) is 0 Å². The number of sulfone groups is 1. The predicted octanol–water partition coefficient (Wildman–Crippen LogP) is 1.96. The van der Waals surface area contributed by atoms with E-state index in [9.17, 15) is 13.2 Å². The van der Waals surface area contributed by atoms with Crippen molar-refractivity contribution < 1.29 is 8.42 Å². The number of nitrogens with zero attached hydrogens (tertiary/aromatic N) is 1. The number of aryl methyl sites for hydroxylation is 1. The van der Waals surface area contributed by atoms with Crippen molar-refractivity contribution in [1.82, 2.24) is 4.57 Å². The molecule has 1 heterocycles. The van der Waals surface area contributed by atoms with E-state index in [1.54, 1.807) is 18.3 Å². The summed E-state index contributed by atoms with van der Waals surface area (Å²) in [6, 6.07) is 7.31. The Hall–Kier alpha value is -1.62. The third-order valence-electron chi connectivity index (χ3n) is 2.94. The van der Waals surface area contributed by atoms with Gasteiger partial charge in [0.05, 0.1) is 11.3 Å². The summed E-state index contributed by atoms with van der Waals surface area (Å²) in [4.78, 5) is 12.3. The lowest BCUT2D eigenvalue weighted by Crippen LogP contribution is -2.17. The lowest BCUT2D eigenvalue weighted by atomic mass is 10.1. The van der Waals surface area contributed by atoms with Crippen LogP contribution in [0.4, 0.5) is 0 Å². The maximum absolute atomic E-state index is 12.3. The molecule has 0 spiro atoms. The van der Waals surface area contributed by atoms with Crippen LogP contribution in [-0.4, -0.2) is 19.2 Å². The number of pyridine rings is 1. The number of hydrogen-bond acceptors (Lipinski definition) is 3. The fourth-order valence-corrected chi connectivity index (χ4v) is 2.99. The highest BCUT2D eigenvalue weighted by molar-refractivity contribution is 7.89. The van der Waals surface area contributed by atoms with E-state index in [1.807, 2.05) is 23.6 Å². The Balaban J connectivity index is 2.73. The average Bonchev–Trinajstić information content (AvgIpc) is 2.34. The van der Waals surface area contributed by atoms with Crippen molar-refractivity contribution in [3.8, 4) is 0 Å². The molecule has 0 unspecified atom stereocenters. The molecule has 0 aliphatic rings. The first-order chi connectivity index (χ1) is 8.92. The largest absolute Gasteiger partial charge is 0.347 e. The molecule has 102 valence electrons. The molecule has 2 rings (SSSR count). The van der Waals surface area contributed by atoms with Crippen molar-refractivity contribution in [2.24, 2.45) is 0 Å². The molecule has 1 aromatic carbocycles. The SMILES string of the molecule is CCCn1cc(CS(C)(=O)=O)c(=O)c2ccccc21. The summed E-state index contributed by atoms with van der Waals surface area (Å²) in [5.41, 5.74) is 1.01. The number of aromatic nitrogens is 1. The van der Waals surface area contributed by atoms with E-state index in [-0.39, 0.29) is 11.2 Å². The quantitative estimate of drug-likeness (QED) is 0.859. The fraction of sp³-hybridized carbons (Fsp3) is 0.357. The van der Waals surface area contributed by atoms with Crippen LogP contribution >= 0.6 is 0 Å². The van der Waals surface area contributed by atoms with Gasteiger partial charge in [-0.15, -0.1) is 0 Å². The molecular formula is C14H17NO3S. The van der Waals surface area contributed by atoms with Crippen molar-refractivity contribution >= 4 is 20.7 Å². The van der Waals surface area contributed by atoms with Crippen LogP contribution in [0.2, 0.25) is 0 Å². The number of hydrogen-bond donors (Lipinski definition) is 0. The minimum atomic E-state index is -3.21. The molecule has 0 bridgehead atoms. The van der Waals surface area contributed by atoms with Crippen molar-refractivity contribution in [1.29, 1.82) is 0 Å². The number of para-hydroxylation sites is 1. The molecule has 0 saturated carbocycles. The summed E-state index contributed by atoms with van der Waals surface area (Å²) < 4.78 is 24.8. The normalized spacial score (nSPS) is 11.9. The average molecular weight is 279 g/mol. The van der Waals surface area contributed by atoms with Crippen LogP contribution in [-0.2, 0) is 22.1 Å². The second-order valence-corrected chi connectivity index (χ2v) is 6.90. The molecule has 0 N–H and O–H groups in total. The summed E-state index contributed by atoms with van der Waals surface area (Å²) in [7, 11) is -3.21. The molecule has 19 heavy (non-hydrogen) atoms. The van der Waals surface area contributed by atoms with Gasteiger partial charge >= 0.3 is 0 Å².